The van der Waals surface area contributed by atoms with Gasteiger partial charge < -0.3 is 0 Å². The van der Waals surface area contributed by atoms with Crippen molar-refractivity contribution >= 4 is 47.8 Å². The van der Waals surface area contributed by atoms with Crippen LogP contribution in [-0.4, -0.2) is 0 Å². The summed E-state index contributed by atoms with van der Waals surface area (Å²) < 4.78 is 3.41. The smallest absolute Gasteiger partial charge is 0.0462 e. The second-order valence-corrected chi connectivity index (χ2v) is 5.27. The zero-order valence-electron chi connectivity index (χ0n) is 7.63. The Bertz CT molecular complexity index is 318. The van der Waals surface area contributed by atoms with E-state index in [1.807, 2.05) is 0 Å². The van der Waals surface area contributed by atoms with Crippen molar-refractivity contribution in [2.45, 2.75) is 26.7 Å². The van der Waals surface area contributed by atoms with Gasteiger partial charge in [-0.3, -0.25) is 0 Å². The molecule has 0 N–H and O–H groups in total. The molecule has 13 heavy (non-hydrogen) atoms. The minimum Gasteiger partial charge on any atom is -0.0613 e. The van der Waals surface area contributed by atoms with Gasteiger partial charge in [-0.2, -0.15) is 0 Å². The molecule has 3 heteroatoms. The van der Waals surface area contributed by atoms with E-state index in [1.54, 1.807) is 0 Å². The van der Waals surface area contributed by atoms with Crippen LogP contribution in [0.25, 0.3) is 0 Å². The highest BCUT2D eigenvalue weighted by Gasteiger charge is 2.10. The first-order chi connectivity index (χ1) is 6.11. The van der Waals surface area contributed by atoms with Crippen LogP contribution in [0.2, 0.25) is 0 Å². The van der Waals surface area contributed by atoms with Gasteiger partial charge in [0.05, 0.1) is 0 Å². The third-order valence-corrected chi connectivity index (χ3v) is 5.48. The van der Waals surface area contributed by atoms with Gasteiger partial charge in [0.2, 0.25) is 0 Å². The fraction of sp³-hybridized carbons (Fsp3) is 0.400. The van der Waals surface area contributed by atoms with Crippen molar-refractivity contribution in [2.75, 3.05) is 0 Å². The molecule has 0 fully saturated rings. The standard InChI is InChI=1S/C10H11Br3/c1-3-6-5-8(11)10(13)9(12)7(6)4-2/h5H,3-4H2,1-2H3. The maximum absolute atomic E-state index is 3.61. The van der Waals surface area contributed by atoms with Crippen LogP contribution in [-0.2, 0) is 12.8 Å². The molecule has 0 bridgehead atoms. The monoisotopic (exact) mass is 368 g/mol. The van der Waals surface area contributed by atoms with Gasteiger partial charge in [-0.15, -0.1) is 0 Å². The van der Waals surface area contributed by atoms with Crippen LogP contribution in [0.3, 0.4) is 0 Å². The van der Waals surface area contributed by atoms with Gasteiger partial charge >= 0.3 is 0 Å². The molecular formula is C10H11Br3. The topological polar surface area (TPSA) is 0 Å². The van der Waals surface area contributed by atoms with Gasteiger partial charge in [0.25, 0.3) is 0 Å². The lowest BCUT2D eigenvalue weighted by Gasteiger charge is -2.11. The molecule has 0 heterocycles. The molecule has 0 aliphatic heterocycles. The van der Waals surface area contributed by atoms with E-state index in [4.69, 9.17) is 0 Å². The maximum atomic E-state index is 3.61. The van der Waals surface area contributed by atoms with Gasteiger partial charge in [-0.05, 0) is 77.8 Å². The number of benzene rings is 1. The largest absolute Gasteiger partial charge is 0.0613 e. The summed E-state index contributed by atoms with van der Waals surface area (Å²) in [6.45, 7) is 4.36. The summed E-state index contributed by atoms with van der Waals surface area (Å²) in [6, 6.07) is 2.19. The molecule has 0 atom stereocenters. The fourth-order valence-electron chi connectivity index (χ4n) is 1.38. The van der Waals surface area contributed by atoms with Gasteiger partial charge in [-0.1, -0.05) is 13.8 Å². The van der Waals surface area contributed by atoms with Crippen molar-refractivity contribution < 1.29 is 0 Å². The van der Waals surface area contributed by atoms with E-state index >= 15 is 0 Å². The van der Waals surface area contributed by atoms with E-state index in [9.17, 15) is 0 Å². The highest BCUT2D eigenvalue weighted by atomic mass is 79.9. The molecule has 72 valence electrons. The molecule has 0 spiro atoms. The van der Waals surface area contributed by atoms with E-state index < -0.39 is 0 Å². The molecule has 0 amide bonds. The van der Waals surface area contributed by atoms with Crippen molar-refractivity contribution in [2.24, 2.45) is 0 Å². The molecule has 0 aromatic heterocycles. The van der Waals surface area contributed by atoms with Crippen LogP contribution in [0.5, 0.6) is 0 Å². The Balaban J connectivity index is 3.39. The highest BCUT2D eigenvalue weighted by Crippen LogP contribution is 2.36. The molecule has 0 aliphatic carbocycles. The molecule has 0 saturated carbocycles. The lowest BCUT2D eigenvalue weighted by molar-refractivity contribution is 1.02. The number of halogens is 3. The van der Waals surface area contributed by atoms with Crippen LogP contribution >= 0.6 is 47.8 Å². The van der Waals surface area contributed by atoms with Gasteiger partial charge in [0.15, 0.2) is 0 Å². The average Bonchev–Trinajstić information content (AvgIpc) is 2.13. The summed E-state index contributed by atoms with van der Waals surface area (Å²) in [5.74, 6) is 0. The van der Waals surface area contributed by atoms with Crippen molar-refractivity contribution in [1.82, 2.24) is 0 Å². The minimum atomic E-state index is 1.07. The first kappa shape index (κ1) is 11.7. The lowest BCUT2D eigenvalue weighted by atomic mass is 10.0. The van der Waals surface area contributed by atoms with Gasteiger partial charge in [0, 0.05) is 13.4 Å². The summed E-state index contributed by atoms with van der Waals surface area (Å²) in [6.07, 6.45) is 2.14. The molecule has 0 saturated heterocycles. The second-order valence-electron chi connectivity index (χ2n) is 2.83. The normalized spacial score (nSPS) is 10.5. The van der Waals surface area contributed by atoms with Crippen molar-refractivity contribution in [3.63, 3.8) is 0 Å². The van der Waals surface area contributed by atoms with Crippen LogP contribution in [0, 0.1) is 0 Å². The summed E-state index contributed by atoms with van der Waals surface area (Å²) in [5, 5.41) is 0. The third kappa shape index (κ3) is 2.37. The van der Waals surface area contributed by atoms with Crippen LogP contribution in [0.1, 0.15) is 25.0 Å². The molecule has 0 unspecified atom stereocenters. The van der Waals surface area contributed by atoms with Crippen molar-refractivity contribution in [3.05, 3.63) is 30.6 Å². The van der Waals surface area contributed by atoms with E-state index in [1.165, 1.54) is 15.6 Å². The summed E-state index contributed by atoms with van der Waals surface area (Å²) in [4.78, 5) is 0. The zero-order chi connectivity index (χ0) is 10.0. The molecule has 0 nitrogen and oxygen atoms in total. The molecule has 0 radical (unpaired) electrons. The fourth-order valence-corrected chi connectivity index (χ4v) is 3.22. The third-order valence-electron chi connectivity index (χ3n) is 2.09. The maximum Gasteiger partial charge on any atom is 0.0462 e. The molecule has 0 aliphatic rings. The SMILES string of the molecule is CCc1cc(Br)c(Br)c(Br)c1CC. The minimum absolute atomic E-state index is 1.07. The summed E-state index contributed by atoms with van der Waals surface area (Å²) in [5.41, 5.74) is 2.81. The Morgan fingerprint density at radius 2 is 1.62 bits per heavy atom. The zero-order valence-corrected chi connectivity index (χ0v) is 12.4. The Labute approximate surface area is 104 Å². The Morgan fingerprint density at radius 3 is 2.08 bits per heavy atom. The van der Waals surface area contributed by atoms with Crippen LogP contribution in [0.4, 0.5) is 0 Å². The first-order valence-electron chi connectivity index (χ1n) is 4.27. The first-order valence-corrected chi connectivity index (χ1v) is 6.64. The van der Waals surface area contributed by atoms with Crippen LogP contribution < -0.4 is 0 Å². The van der Waals surface area contributed by atoms with Gasteiger partial charge in [-0.25, -0.2) is 0 Å². The predicted molar refractivity (Wildman–Crippen MR) is 68.3 cm³/mol. The Hall–Kier alpha value is 0.660. The molecule has 1 rings (SSSR count). The lowest BCUT2D eigenvalue weighted by Crippen LogP contribution is -1.94. The Kier molecular flexibility index (Phi) is 4.46. The Morgan fingerprint density at radius 1 is 1.00 bits per heavy atom. The highest BCUT2D eigenvalue weighted by molar-refractivity contribution is 9.14. The quantitative estimate of drug-likeness (QED) is 0.635. The second kappa shape index (κ2) is 4.94. The van der Waals surface area contributed by atoms with E-state index in [0.29, 0.717) is 0 Å². The van der Waals surface area contributed by atoms with E-state index in [-0.39, 0.29) is 0 Å². The van der Waals surface area contributed by atoms with E-state index in [2.05, 4.69) is 67.7 Å². The summed E-state index contributed by atoms with van der Waals surface area (Å²) in [7, 11) is 0. The van der Waals surface area contributed by atoms with Crippen molar-refractivity contribution in [3.8, 4) is 0 Å². The van der Waals surface area contributed by atoms with E-state index in [0.717, 1.165) is 21.8 Å². The number of aryl methyl sites for hydroxylation is 1. The van der Waals surface area contributed by atoms with Gasteiger partial charge in [0.1, 0.15) is 0 Å². The van der Waals surface area contributed by atoms with Crippen LogP contribution in [0.15, 0.2) is 19.5 Å². The molecule has 1 aromatic carbocycles. The predicted octanol–water partition coefficient (Wildman–Crippen LogP) is 5.10. The average molecular weight is 371 g/mol. The summed E-state index contributed by atoms with van der Waals surface area (Å²) >= 11 is 10.7. The number of hydrogen-bond donors (Lipinski definition) is 0. The number of rotatable bonds is 2. The van der Waals surface area contributed by atoms with Crippen molar-refractivity contribution in [1.29, 1.82) is 0 Å². The molecule has 1 aromatic rings. The molecular weight excluding hydrogens is 360 g/mol. The number of hydrogen-bond acceptors (Lipinski definition) is 0.